The third-order valence-corrected chi connectivity index (χ3v) is 4.46. The van der Waals surface area contributed by atoms with Gasteiger partial charge in [0.05, 0.1) is 0 Å². The van der Waals surface area contributed by atoms with Gasteiger partial charge in [-0.2, -0.15) is 0 Å². The van der Waals surface area contributed by atoms with Crippen LogP contribution in [0.1, 0.15) is 37.3 Å². The van der Waals surface area contributed by atoms with Crippen molar-refractivity contribution < 1.29 is 5.11 Å². The molecule has 0 saturated carbocycles. The first-order chi connectivity index (χ1) is 7.53. The first kappa shape index (κ1) is 12.1. The predicted molar refractivity (Wildman–Crippen MR) is 68.9 cm³/mol. The monoisotopic (exact) mass is 239 g/mol. The van der Waals surface area contributed by atoms with Gasteiger partial charge in [-0.1, -0.05) is 13.8 Å². The van der Waals surface area contributed by atoms with Gasteiger partial charge in [0, 0.05) is 36.0 Å². The van der Waals surface area contributed by atoms with Crippen LogP contribution in [0.5, 0.6) is 0 Å². The summed E-state index contributed by atoms with van der Waals surface area (Å²) in [6, 6.07) is 2.75. The van der Waals surface area contributed by atoms with E-state index in [0.717, 1.165) is 13.1 Å². The van der Waals surface area contributed by atoms with E-state index in [1.807, 2.05) is 11.3 Å². The first-order valence-corrected chi connectivity index (χ1v) is 6.83. The molecule has 1 aliphatic heterocycles. The van der Waals surface area contributed by atoms with Gasteiger partial charge in [0.1, 0.15) is 0 Å². The van der Waals surface area contributed by atoms with Crippen molar-refractivity contribution in [1.29, 1.82) is 0 Å². The lowest BCUT2D eigenvalue weighted by atomic mass is 9.91. The van der Waals surface area contributed by atoms with Crippen LogP contribution < -0.4 is 0 Å². The van der Waals surface area contributed by atoms with Gasteiger partial charge in [-0.25, -0.2) is 0 Å². The summed E-state index contributed by atoms with van der Waals surface area (Å²) in [5, 5.41) is 11.5. The summed E-state index contributed by atoms with van der Waals surface area (Å²) in [6.07, 6.45) is 1.17. The highest BCUT2D eigenvalue weighted by Gasteiger charge is 2.29. The van der Waals surface area contributed by atoms with Crippen LogP contribution in [0.2, 0.25) is 0 Å². The van der Waals surface area contributed by atoms with Crippen LogP contribution in [-0.2, 0) is 6.42 Å². The molecule has 0 saturated heterocycles. The summed E-state index contributed by atoms with van der Waals surface area (Å²) in [6.45, 7) is 8.88. The first-order valence-electron chi connectivity index (χ1n) is 5.95. The summed E-state index contributed by atoms with van der Waals surface area (Å²) in [4.78, 5) is 4.04. The highest BCUT2D eigenvalue weighted by molar-refractivity contribution is 7.10. The van der Waals surface area contributed by atoms with E-state index in [-0.39, 0.29) is 12.0 Å². The fourth-order valence-corrected chi connectivity index (χ4v) is 3.34. The molecule has 1 atom stereocenters. The Morgan fingerprint density at radius 3 is 3.00 bits per heavy atom. The third kappa shape index (κ3) is 2.31. The van der Waals surface area contributed by atoms with Gasteiger partial charge in [0.15, 0.2) is 0 Å². The summed E-state index contributed by atoms with van der Waals surface area (Å²) in [5.41, 5.74) is 1.49. The van der Waals surface area contributed by atoms with Gasteiger partial charge < -0.3 is 5.11 Å². The molecule has 1 N–H and O–H groups in total. The topological polar surface area (TPSA) is 23.5 Å². The molecule has 2 rings (SSSR count). The molecule has 0 fully saturated rings. The second kappa shape index (κ2) is 4.47. The molecule has 1 aromatic heterocycles. The smallest absolute Gasteiger partial charge is 0.0494 e. The van der Waals surface area contributed by atoms with E-state index in [1.165, 1.54) is 12.0 Å². The van der Waals surface area contributed by atoms with E-state index < -0.39 is 0 Å². The molecule has 0 bridgehead atoms. The standard InChI is InChI=1S/C13H21NOS/c1-10-11-5-7-16-12(11)4-6-14(10)8-13(2,3)9-15/h5,7,10,15H,4,6,8-9H2,1-3H3. The van der Waals surface area contributed by atoms with Crippen molar-refractivity contribution in [3.05, 3.63) is 21.9 Å². The molecule has 1 aliphatic rings. The van der Waals surface area contributed by atoms with Crippen LogP contribution in [0.3, 0.4) is 0 Å². The maximum atomic E-state index is 9.34. The zero-order chi connectivity index (χ0) is 11.8. The van der Waals surface area contributed by atoms with Crippen LogP contribution in [0.15, 0.2) is 11.4 Å². The number of thiophene rings is 1. The van der Waals surface area contributed by atoms with Crippen molar-refractivity contribution in [1.82, 2.24) is 4.90 Å². The minimum atomic E-state index is 0.00177. The van der Waals surface area contributed by atoms with E-state index >= 15 is 0 Å². The van der Waals surface area contributed by atoms with Crippen LogP contribution in [-0.4, -0.2) is 29.7 Å². The van der Waals surface area contributed by atoms with Crippen LogP contribution in [0.4, 0.5) is 0 Å². The van der Waals surface area contributed by atoms with Crippen molar-refractivity contribution in [2.45, 2.75) is 33.2 Å². The van der Waals surface area contributed by atoms with E-state index in [9.17, 15) is 5.11 Å². The normalized spacial score (nSPS) is 22.1. The van der Waals surface area contributed by atoms with E-state index in [2.05, 4.69) is 37.1 Å². The molecular weight excluding hydrogens is 218 g/mol. The number of hydrogen-bond donors (Lipinski definition) is 1. The van der Waals surface area contributed by atoms with Crippen LogP contribution in [0, 0.1) is 5.41 Å². The second-order valence-electron chi connectivity index (χ2n) is 5.52. The summed E-state index contributed by atoms with van der Waals surface area (Å²) < 4.78 is 0. The predicted octanol–water partition coefficient (Wildman–Crippen LogP) is 2.69. The molecule has 0 spiro atoms. The van der Waals surface area contributed by atoms with Crippen molar-refractivity contribution in [3.8, 4) is 0 Å². The Morgan fingerprint density at radius 2 is 2.31 bits per heavy atom. The Bertz CT molecular complexity index is 359. The highest BCUT2D eigenvalue weighted by Crippen LogP contribution is 2.34. The molecule has 0 aromatic carbocycles. The van der Waals surface area contributed by atoms with Gasteiger partial charge in [0.25, 0.3) is 0 Å². The SMILES string of the molecule is CC1c2ccsc2CCN1CC(C)(C)CO. The van der Waals surface area contributed by atoms with Gasteiger partial charge in [-0.05, 0) is 30.4 Å². The maximum Gasteiger partial charge on any atom is 0.0494 e. The van der Waals surface area contributed by atoms with Gasteiger partial charge in [-0.3, -0.25) is 4.90 Å². The Labute approximate surface area is 102 Å². The van der Waals surface area contributed by atoms with Gasteiger partial charge in [0.2, 0.25) is 0 Å². The lowest BCUT2D eigenvalue weighted by Gasteiger charge is -2.38. The highest BCUT2D eigenvalue weighted by atomic mass is 32.1. The largest absolute Gasteiger partial charge is 0.396 e. The zero-order valence-electron chi connectivity index (χ0n) is 10.4. The molecule has 2 nitrogen and oxygen atoms in total. The summed E-state index contributed by atoms with van der Waals surface area (Å²) >= 11 is 1.88. The van der Waals surface area contributed by atoms with Crippen LogP contribution >= 0.6 is 11.3 Å². The van der Waals surface area contributed by atoms with Crippen molar-refractivity contribution in [2.75, 3.05) is 19.7 Å². The molecule has 90 valence electrons. The average molecular weight is 239 g/mol. The lowest BCUT2D eigenvalue weighted by molar-refractivity contribution is 0.0788. The minimum Gasteiger partial charge on any atom is -0.396 e. The maximum absolute atomic E-state index is 9.34. The van der Waals surface area contributed by atoms with Gasteiger partial charge >= 0.3 is 0 Å². The number of fused-ring (bicyclic) bond motifs is 1. The second-order valence-corrected chi connectivity index (χ2v) is 6.52. The van der Waals surface area contributed by atoms with Crippen molar-refractivity contribution >= 4 is 11.3 Å². The Morgan fingerprint density at radius 1 is 1.56 bits per heavy atom. The van der Waals surface area contributed by atoms with E-state index in [1.54, 1.807) is 4.88 Å². The lowest BCUT2D eigenvalue weighted by Crippen LogP contribution is -2.41. The average Bonchev–Trinajstić information content (AvgIpc) is 2.71. The fraction of sp³-hybridized carbons (Fsp3) is 0.692. The number of hydrogen-bond acceptors (Lipinski definition) is 3. The fourth-order valence-electron chi connectivity index (χ4n) is 2.38. The number of rotatable bonds is 3. The molecule has 1 unspecified atom stereocenters. The Hall–Kier alpha value is -0.380. The molecule has 0 amide bonds. The molecule has 2 heterocycles. The third-order valence-electron chi connectivity index (χ3n) is 3.46. The van der Waals surface area contributed by atoms with Crippen LogP contribution in [0.25, 0.3) is 0 Å². The van der Waals surface area contributed by atoms with Gasteiger partial charge in [-0.15, -0.1) is 11.3 Å². The quantitative estimate of drug-likeness (QED) is 0.876. The van der Waals surface area contributed by atoms with E-state index in [4.69, 9.17) is 0 Å². The van der Waals surface area contributed by atoms with Crippen molar-refractivity contribution in [3.63, 3.8) is 0 Å². The number of nitrogens with zero attached hydrogens (tertiary/aromatic N) is 1. The van der Waals surface area contributed by atoms with E-state index in [0.29, 0.717) is 6.04 Å². The zero-order valence-corrected chi connectivity index (χ0v) is 11.2. The molecule has 16 heavy (non-hydrogen) atoms. The summed E-state index contributed by atoms with van der Waals surface area (Å²) in [7, 11) is 0. The summed E-state index contributed by atoms with van der Waals surface area (Å²) in [5.74, 6) is 0. The number of aliphatic hydroxyl groups excluding tert-OH is 1. The molecular formula is C13H21NOS. The molecule has 0 radical (unpaired) electrons. The Kier molecular flexibility index (Phi) is 3.38. The molecule has 3 heteroatoms. The molecule has 0 aliphatic carbocycles. The van der Waals surface area contributed by atoms with Crippen molar-refractivity contribution in [2.24, 2.45) is 5.41 Å². The molecule has 1 aromatic rings. The minimum absolute atomic E-state index is 0.00177. The Balaban J connectivity index is 2.10. The number of aliphatic hydroxyl groups is 1.